The van der Waals surface area contributed by atoms with Crippen molar-refractivity contribution in [1.82, 2.24) is 5.32 Å². The third kappa shape index (κ3) is 37.1. The van der Waals surface area contributed by atoms with Crippen LogP contribution in [0.4, 0.5) is 0 Å². The quantitative estimate of drug-likeness (QED) is 0.0282. The second kappa shape index (κ2) is 34.7. The van der Waals surface area contributed by atoms with Crippen molar-refractivity contribution in [2.24, 2.45) is 0 Å². The van der Waals surface area contributed by atoms with Gasteiger partial charge in [0, 0.05) is 6.42 Å². The number of hydrogen-bond donors (Lipinski definition) is 2. The van der Waals surface area contributed by atoms with Gasteiger partial charge in [-0.25, -0.2) is 0 Å². The number of quaternary nitrogens is 1. The molecule has 0 saturated carbocycles. The van der Waals surface area contributed by atoms with Crippen LogP contribution in [0, 0.1) is 0 Å². The number of allylic oxidation sites excluding steroid dienone is 4. The van der Waals surface area contributed by atoms with Crippen LogP contribution < -0.4 is 10.2 Å². The smallest absolute Gasteiger partial charge is 0.268 e. The van der Waals surface area contributed by atoms with Gasteiger partial charge in [0.1, 0.15) is 13.2 Å². The van der Waals surface area contributed by atoms with Gasteiger partial charge in [0.25, 0.3) is 7.82 Å². The molecule has 0 rings (SSSR count). The Morgan fingerprint density at radius 1 is 0.686 bits per heavy atom. The first-order chi connectivity index (χ1) is 24.5. The molecule has 0 aliphatic rings. The number of aliphatic hydroxyl groups is 1. The van der Waals surface area contributed by atoms with E-state index in [0.717, 1.165) is 51.4 Å². The summed E-state index contributed by atoms with van der Waals surface area (Å²) < 4.78 is 23.2. The number of carbonyl (C=O) groups is 1. The maximum atomic E-state index is 12.8. The van der Waals surface area contributed by atoms with Crippen molar-refractivity contribution < 1.29 is 32.9 Å². The van der Waals surface area contributed by atoms with Crippen molar-refractivity contribution in [2.45, 2.75) is 199 Å². The standard InChI is InChI=1S/C42H83N2O6P/c1-6-8-10-12-14-16-18-19-20-21-22-23-24-26-28-30-32-34-36-42(46)43-40(39-50-51(47,48)49-38-37-44(3,4)5)41(45)35-33-31-29-27-25-17-15-13-11-9-7-2/h16,18,20-21,40-41,45H,6-15,17,19,22-39H2,1-5H3,(H-,43,46,47,48)/b18-16-,21-20-. The summed E-state index contributed by atoms with van der Waals surface area (Å²) in [4.78, 5) is 25.2. The second-order valence-electron chi connectivity index (χ2n) is 15.7. The molecule has 0 aromatic heterocycles. The minimum atomic E-state index is -4.56. The highest BCUT2D eigenvalue weighted by Crippen LogP contribution is 2.38. The molecular weight excluding hydrogens is 659 g/mol. The van der Waals surface area contributed by atoms with Gasteiger partial charge in [0.05, 0.1) is 39.9 Å². The van der Waals surface area contributed by atoms with Crippen molar-refractivity contribution in [3.8, 4) is 0 Å². The Morgan fingerprint density at radius 3 is 1.65 bits per heavy atom. The van der Waals surface area contributed by atoms with Crippen molar-refractivity contribution in [2.75, 3.05) is 40.9 Å². The largest absolute Gasteiger partial charge is 0.756 e. The maximum absolute atomic E-state index is 12.8. The van der Waals surface area contributed by atoms with Crippen LogP contribution in [-0.2, 0) is 18.4 Å². The first-order valence-electron chi connectivity index (χ1n) is 21.2. The molecule has 0 aromatic rings. The van der Waals surface area contributed by atoms with Gasteiger partial charge in [-0.1, -0.05) is 160 Å². The molecule has 302 valence electrons. The van der Waals surface area contributed by atoms with Crippen LogP contribution in [0.25, 0.3) is 0 Å². The molecule has 8 nitrogen and oxygen atoms in total. The number of phosphoric acid groups is 1. The van der Waals surface area contributed by atoms with Gasteiger partial charge in [-0.05, 0) is 44.9 Å². The Bertz CT molecular complexity index is 891. The molecule has 0 bridgehead atoms. The van der Waals surface area contributed by atoms with E-state index in [0.29, 0.717) is 23.9 Å². The van der Waals surface area contributed by atoms with Crippen LogP contribution in [0.1, 0.15) is 187 Å². The fourth-order valence-electron chi connectivity index (χ4n) is 6.01. The van der Waals surface area contributed by atoms with Crippen LogP contribution in [0.5, 0.6) is 0 Å². The van der Waals surface area contributed by atoms with Gasteiger partial charge in [-0.2, -0.15) is 0 Å². The number of aliphatic hydroxyl groups excluding tert-OH is 1. The Morgan fingerprint density at radius 2 is 1.14 bits per heavy atom. The van der Waals surface area contributed by atoms with Crippen molar-refractivity contribution in [3.63, 3.8) is 0 Å². The van der Waals surface area contributed by atoms with Crippen LogP contribution in [-0.4, -0.2) is 68.5 Å². The summed E-state index contributed by atoms with van der Waals surface area (Å²) in [7, 11) is 1.30. The molecule has 3 atom stereocenters. The normalized spacial score (nSPS) is 14.7. The van der Waals surface area contributed by atoms with Gasteiger partial charge < -0.3 is 28.8 Å². The van der Waals surface area contributed by atoms with E-state index in [1.54, 1.807) is 0 Å². The summed E-state index contributed by atoms with van der Waals surface area (Å²) in [6.45, 7) is 4.68. The molecule has 0 aromatic carbocycles. The third-order valence-corrected chi connectivity index (χ3v) is 10.4. The van der Waals surface area contributed by atoms with Crippen LogP contribution in [0.15, 0.2) is 24.3 Å². The number of amides is 1. The first-order valence-corrected chi connectivity index (χ1v) is 22.6. The number of phosphoric ester groups is 1. The Balaban J connectivity index is 4.37. The Labute approximate surface area is 315 Å². The highest BCUT2D eigenvalue weighted by molar-refractivity contribution is 7.45. The zero-order valence-corrected chi connectivity index (χ0v) is 35.0. The summed E-state index contributed by atoms with van der Waals surface area (Å²) in [5.41, 5.74) is 0. The van der Waals surface area contributed by atoms with Gasteiger partial charge >= 0.3 is 0 Å². The molecule has 0 heterocycles. The zero-order valence-electron chi connectivity index (χ0n) is 34.1. The molecule has 9 heteroatoms. The van der Waals surface area contributed by atoms with Crippen LogP contribution >= 0.6 is 7.82 Å². The minimum Gasteiger partial charge on any atom is -0.756 e. The highest BCUT2D eigenvalue weighted by atomic mass is 31.2. The molecule has 0 aliphatic carbocycles. The predicted octanol–water partition coefficient (Wildman–Crippen LogP) is 10.7. The molecule has 0 spiro atoms. The van der Waals surface area contributed by atoms with Crippen molar-refractivity contribution in [3.05, 3.63) is 24.3 Å². The third-order valence-electron chi connectivity index (χ3n) is 9.44. The topological polar surface area (TPSA) is 108 Å². The number of nitrogens with zero attached hydrogens (tertiary/aromatic N) is 1. The van der Waals surface area contributed by atoms with E-state index >= 15 is 0 Å². The molecule has 0 saturated heterocycles. The summed E-state index contributed by atoms with van der Waals surface area (Å²) in [6.07, 6.45) is 38.9. The molecular formula is C42H83N2O6P. The molecule has 1 amide bonds. The number of unbranched alkanes of at least 4 members (excludes halogenated alkanes) is 21. The number of likely N-dealkylation sites (N-methyl/N-ethyl adjacent to an activating group) is 1. The number of hydrogen-bond acceptors (Lipinski definition) is 6. The van der Waals surface area contributed by atoms with E-state index < -0.39 is 20.0 Å². The zero-order chi connectivity index (χ0) is 37.9. The average molecular weight is 743 g/mol. The second-order valence-corrected chi connectivity index (χ2v) is 17.1. The summed E-state index contributed by atoms with van der Waals surface area (Å²) in [6, 6.07) is -0.800. The van der Waals surface area contributed by atoms with Crippen LogP contribution in [0.2, 0.25) is 0 Å². The van der Waals surface area contributed by atoms with E-state index in [-0.39, 0.29) is 19.1 Å². The molecule has 0 aliphatic heterocycles. The number of rotatable bonds is 38. The molecule has 2 N–H and O–H groups in total. The van der Waals surface area contributed by atoms with E-state index in [4.69, 9.17) is 9.05 Å². The van der Waals surface area contributed by atoms with Gasteiger partial charge in [0.15, 0.2) is 0 Å². The SMILES string of the molecule is CCCCCC/C=C\C/C=C\CCCCCCCCCC(=O)NC(COP(=O)([O-])OCC[N+](C)(C)C)C(O)CCCCCCCCCCCCC. The first kappa shape index (κ1) is 50.0. The monoisotopic (exact) mass is 743 g/mol. The minimum absolute atomic E-state index is 0.0107. The van der Waals surface area contributed by atoms with Gasteiger partial charge in [-0.15, -0.1) is 0 Å². The number of nitrogens with one attached hydrogen (secondary N) is 1. The maximum Gasteiger partial charge on any atom is 0.268 e. The molecule has 0 radical (unpaired) electrons. The fraction of sp³-hybridized carbons (Fsp3) is 0.881. The predicted molar refractivity (Wildman–Crippen MR) is 215 cm³/mol. The lowest BCUT2D eigenvalue weighted by Gasteiger charge is -2.30. The van der Waals surface area contributed by atoms with Gasteiger partial charge in [0.2, 0.25) is 5.91 Å². The lowest BCUT2D eigenvalue weighted by Crippen LogP contribution is -2.46. The van der Waals surface area contributed by atoms with E-state index in [1.807, 2.05) is 21.1 Å². The van der Waals surface area contributed by atoms with Crippen molar-refractivity contribution >= 4 is 13.7 Å². The molecule has 3 unspecified atom stereocenters. The lowest BCUT2D eigenvalue weighted by molar-refractivity contribution is -0.870. The summed E-state index contributed by atoms with van der Waals surface area (Å²) in [5, 5.41) is 13.8. The van der Waals surface area contributed by atoms with Gasteiger partial charge in [-0.3, -0.25) is 9.36 Å². The lowest BCUT2D eigenvalue weighted by atomic mass is 10.0. The highest BCUT2D eigenvalue weighted by Gasteiger charge is 2.24. The number of carbonyl (C=O) groups excluding carboxylic acids is 1. The Kier molecular flexibility index (Phi) is 34.0. The molecule has 0 fully saturated rings. The fourth-order valence-corrected chi connectivity index (χ4v) is 6.73. The molecule has 51 heavy (non-hydrogen) atoms. The summed E-state index contributed by atoms with van der Waals surface area (Å²) in [5.74, 6) is -0.175. The van der Waals surface area contributed by atoms with E-state index in [2.05, 4.69) is 43.5 Å². The Hall–Kier alpha value is -1.02. The van der Waals surface area contributed by atoms with E-state index in [1.165, 1.54) is 109 Å². The van der Waals surface area contributed by atoms with Crippen molar-refractivity contribution in [1.29, 1.82) is 0 Å². The van der Waals surface area contributed by atoms with Crippen LogP contribution in [0.3, 0.4) is 0 Å². The summed E-state index contributed by atoms with van der Waals surface area (Å²) >= 11 is 0. The average Bonchev–Trinajstić information content (AvgIpc) is 3.07. The van der Waals surface area contributed by atoms with E-state index in [9.17, 15) is 19.4 Å².